The van der Waals surface area contributed by atoms with Gasteiger partial charge in [0.1, 0.15) is 0 Å². The number of aromatic nitrogens is 2. The first-order chi connectivity index (χ1) is 10.7. The van der Waals surface area contributed by atoms with E-state index in [1.54, 1.807) is 19.6 Å². The summed E-state index contributed by atoms with van der Waals surface area (Å²) in [6.07, 6.45) is 5.21. The minimum atomic E-state index is -0.0825. The Labute approximate surface area is 130 Å². The highest BCUT2D eigenvalue weighted by molar-refractivity contribution is 5.98. The molecule has 118 valence electrons. The largest absolute Gasteiger partial charge is 0.383 e. The molecule has 0 radical (unpaired) electrons. The summed E-state index contributed by atoms with van der Waals surface area (Å²) in [7, 11) is 1.67. The van der Waals surface area contributed by atoms with Gasteiger partial charge in [0.05, 0.1) is 24.2 Å². The van der Waals surface area contributed by atoms with Gasteiger partial charge < -0.3 is 19.9 Å². The fraction of sp³-hybridized carbons (Fsp3) is 0.375. The zero-order valence-electron chi connectivity index (χ0n) is 13.0. The molecular formula is C16H22N4O2. The number of nitrogens with zero attached hydrogens (tertiary/aromatic N) is 2. The van der Waals surface area contributed by atoms with E-state index in [2.05, 4.69) is 15.6 Å². The molecule has 6 heteroatoms. The summed E-state index contributed by atoms with van der Waals surface area (Å²) < 4.78 is 6.79. The molecular weight excluding hydrogens is 280 g/mol. The average molecular weight is 302 g/mol. The molecule has 6 nitrogen and oxygen atoms in total. The molecule has 0 unspecified atom stereocenters. The van der Waals surface area contributed by atoms with Gasteiger partial charge in [-0.15, -0.1) is 0 Å². The first kappa shape index (κ1) is 16.2. The molecule has 1 amide bonds. The van der Waals surface area contributed by atoms with Crippen LogP contribution in [0.2, 0.25) is 0 Å². The number of benzene rings is 1. The van der Waals surface area contributed by atoms with Crippen molar-refractivity contribution in [1.82, 2.24) is 20.2 Å². The lowest BCUT2D eigenvalue weighted by Crippen LogP contribution is -2.33. The molecule has 0 aliphatic carbocycles. The van der Waals surface area contributed by atoms with E-state index in [0.29, 0.717) is 25.3 Å². The number of hydrogen-bond acceptors (Lipinski definition) is 4. The fourth-order valence-electron chi connectivity index (χ4n) is 2.12. The first-order valence-electron chi connectivity index (χ1n) is 7.29. The number of carbonyl (C=O) groups is 1. The number of imidazole rings is 1. The van der Waals surface area contributed by atoms with E-state index in [-0.39, 0.29) is 5.91 Å². The molecule has 1 aromatic heterocycles. The van der Waals surface area contributed by atoms with E-state index in [1.165, 1.54) is 0 Å². The van der Waals surface area contributed by atoms with Gasteiger partial charge in [0.25, 0.3) is 5.91 Å². The van der Waals surface area contributed by atoms with Crippen LogP contribution in [0.5, 0.6) is 0 Å². The third-order valence-electron chi connectivity index (χ3n) is 3.25. The van der Waals surface area contributed by atoms with Crippen LogP contribution in [0.25, 0.3) is 5.69 Å². The molecule has 2 rings (SSSR count). The summed E-state index contributed by atoms with van der Waals surface area (Å²) in [5.74, 6) is -0.0825. The van der Waals surface area contributed by atoms with Crippen LogP contribution in [-0.2, 0) is 4.74 Å². The lowest BCUT2D eigenvalue weighted by molar-refractivity contribution is 0.0953. The average Bonchev–Trinajstić information content (AvgIpc) is 3.04. The number of methoxy groups -OCH3 is 1. The van der Waals surface area contributed by atoms with Gasteiger partial charge in [-0.3, -0.25) is 4.79 Å². The highest BCUT2D eigenvalue weighted by atomic mass is 16.5. The van der Waals surface area contributed by atoms with E-state index in [1.807, 2.05) is 35.9 Å². The fourth-order valence-corrected chi connectivity index (χ4v) is 2.12. The smallest absolute Gasteiger partial charge is 0.253 e. The third kappa shape index (κ3) is 4.41. The second-order valence-corrected chi connectivity index (χ2v) is 4.99. The second kappa shape index (κ2) is 8.31. The summed E-state index contributed by atoms with van der Waals surface area (Å²) >= 11 is 0. The van der Waals surface area contributed by atoms with Gasteiger partial charge in [0.2, 0.25) is 0 Å². The Morgan fingerprint density at radius 1 is 1.32 bits per heavy atom. The van der Waals surface area contributed by atoms with Gasteiger partial charge in [-0.25, -0.2) is 4.98 Å². The van der Waals surface area contributed by atoms with Crippen LogP contribution in [0.4, 0.5) is 0 Å². The van der Waals surface area contributed by atoms with Crippen LogP contribution in [0.15, 0.2) is 36.9 Å². The zero-order chi connectivity index (χ0) is 15.8. The maximum absolute atomic E-state index is 12.4. The lowest BCUT2D eigenvalue weighted by atomic mass is 10.1. The predicted octanol–water partition coefficient (Wildman–Crippen LogP) is 1.15. The minimum absolute atomic E-state index is 0.0825. The number of carbonyl (C=O) groups excluding carboxylic acids is 1. The Morgan fingerprint density at radius 2 is 2.18 bits per heavy atom. The molecule has 0 aliphatic heterocycles. The number of rotatable bonds is 8. The number of amides is 1. The second-order valence-electron chi connectivity index (χ2n) is 4.99. The van der Waals surface area contributed by atoms with E-state index in [0.717, 1.165) is 17.8 Å². The molecule has 2 N–H and O–H groups in total. The van der Waals surface area contributed by atoms with Crippen molar-refractivity contribution in [1.29, 1.82) is 0 Å². The van der Waals surface area contributed by atoms with Gasteiger partial charge in [-0.1, -0.05) is 11.6 Å². The Kier molecular flexibility index (Phi) is 6.12. The number of hydrogen-bond donors (Lipinski definition) is 2. The van der Waals surface area contributed by atoms with Crippen molar-refractivity contribution in [2.75, 3.05) is 33.4 Å². The van der Waals surface area contributed by atoms with Crippen LogP contribution in [0, 0.1) is 6.92 Å². The van der Waals surface area contributed by atoms with E-state index >= 15 is 0 Å². The Hall–Kier alpha value is -2.18. The maximum atomic E-state index is 12.4. The van der Waals surface area contributed by atoms with E-state index in [4.69, 9.17) is 4.74 Å². The van der Waals surface area contributed by atoms with Crippen molar-refractivity contribution in [3.63, 3.8) is 0 Å². The Morgan fingerprint density at radius 3 is 2.91 bits per heavy atom. The number of ether oxygens (including phenoxy) is 1. The molecule has 1 aromatic carbocycles. The summed E-state index contributed by atoms with van der Waals surface area (Å²) in [6.45, 7) is 4.69. The normalized spacial score (nSPS) is 10.6. The molecule has 0 saturated carbocycles. The molecule has 22 heavy (non-hydrogen) atoms. The van der Waals surface area contributed by atoms with Crippen LogP contribution < -0.4 is 10.6 Å². The topological polar surface area (TPSA) is 68.2 Å². The highest BCUT2D eigenvalue weighted by Crippen LogP contribution is 2.16. The van der Waals surface area contributed by atoms with Crippen LogP contribution in [0.3, 0.4) is 0 Å². The molecule has 2 aromatic rings. The van der Waals surface area contributed by atoms with Crippen molar-refractivity contribution in [2.24, 2.45) is 0 Å². The van der Waals surface area contributed by atoms with Crippen molar-refractivity contribution >= 4 is 5.91 Å². The summed E-state index contributed by atoms with van der Waals surface area (Å²) in [5.41, 5.74) is 2.52. The maximum Gasteiger partial charge on any atom is 0.253 e. The number of nitrogens with one attached hydrogen (secondary N) is 2. The molecule has 0 bridgehead atoms. The highest BCUT2D eigenvalue weighted by Gasteiger charge is 2.12. The quantitative estimate of drug-likeness (QED) is 0.718. The molecule has 0 aliphatic rings. The lowest BCUT2D eigenvalue weighted by Gasteiger charge is -2.12. The summed E-state index contributed by atoms with van der Waals surface area (Å²) in [5, 5.41) is 6.12. The predicted molar refractivity (Wildman–Crippen MR) is 85.4 cm³/mol. The standard InChI is InChI=1S/C16H22N4O2/c1-13-3-4-15(20-9-7-18-12-20)14(11-13)16(21)19-6-5-17-8-10-22-2/h3-4,7,9,11-12,17H,5-6,8,10H2,1-2H3,(H,19,21). The Balaban J connectivity index is 1.98. The summed E-state index contributed by atoms with van der Waals surface area (Å²) in [4.78, 5) is 16.4. The van der Waals surface area contributed by atoms with Gasteiger partial charge >= 0.3 is 0 Å². The van der Waals surface area contributed by atoms with Crippen molar-refractivity contribution < 1.29 is 9.53 Å². The number of aryl methyl sites for hydroxylation is 1. The van der Waals surface area contributed by atoms with Crippen molar-refractivity contribution in [3.8, 4) is 5.69 Å². The molecule has 1 heterocycles. The summed E-state index contributed by atoms with van der Waals surface area (Å²) in [6, 6.07) is 5.81. The van der Waals surface area contributed by atoms with Crippen LogP contribution >= 0.6 is 0 Å². The first-order valence-corrected chi connectivity index (χ1v) is 7.29. The Bertz CT molecular complexity index is 596. The van der Waals surface area contributed by atoms with Crippen LogP contribution in [0.1, 0.15) is 15.9 Å². The van der Waals surface area contributed by atoms with E-state index in [9.17, 15) is 4.79 Å². The monoisotopic (exact) mass is 302 g/mol. The van der Waals surface area contributed by atoms with Crippen LogP contribution in [-0.4, -0.2) is 48.8 Å². The molecule has 0 atom stereocenters. The third-order valence-corrected chi connectivity index (χ3v) is 3.25. The molecule has 0 saturated heterocycles. The zero-order valence-corrected chi connectivity index (χ0v) is 13.0. The van der Waals surface area contributed by atoms with Gasteiger partial charge in [-0.2, -0.15) is 0 Å². The SMILES string of the molecule is COCCNCCNC(=O)c1cc(C)ccc1-n1ccnc1. The minimum Gasteiger partial charge on any atom is -0.383 e. The van der Waals surface area contributed by atoms with Gasteiger partial charge in [0, 0.05) is 39.1 Å². The molecule has 0 fully saturated rings. The van der Waals surface area contributed by atoms with Crippen molar-refractivity contribution in [2.45, 2.75) is 6.92 Å². The molecule has 0 spiro atoms. The van der Waals surface area contributed by atoms with E-state index < -0.39 is 0 Å². The van der Waals surface area contributed by atoms with Gasteiger partial charge in [-0.05, 0) is 19.1 Å². The van der Waals surface area contributed by atoms with Gasteiger partial charge in [0.15, 0.2) is 0 Å². The van der Waals surface area contributed by atoms with Crippen molar-refractivity contribution in [3.05, 3.63) is 48.0 Å².